The van der Waals surface area contributed by atoms with Gasteiger partial charge in [0.2, 0.25) is 0 Å². The summed E-state index contributed by atoms with van der Waals surface area (Å²) >= 11 is 0. The molecule has 5 nitrogen and oxygen atoms in total. The molecule has 0 aromatic carbocycles. The Hall–Kier alpha value is -0.883. The lowest BCUT2D eigenvalue weighted by atomic mass is 10.1. The van der Waals surface area contributed by atoms with Gasteiger partial charge in [-0.25, -0.2) is 0 Å². The summed E-state index contributed by atoms with van der Waals surface area (Å²) < 4.78 is 14.9. The molecule has 1 heterocycles. The van der Waals surface area contributed by atoms with Gasteiger partial charge in [0.25, 0.3) is 11.9 Å². The average Bonchev–Trinajstić information content (AvgIpc) is 1.94. The predicted molar refractivity (Wildman–Crippen MR) is 49.8 cm³/mol. The molecule has 0 amide bonds. The van der Waals surface area contributed by atoms with Crippen LogP contribution >= 0.6 is 0 Å². The van der Waals surface area contributed by atoms with Crippen LogP contribution in [0, 0.1) is 5.92 Å². The second-order valence-corrected chi connectivity index (χ2v) is 5.09. The lowest BCUT2D eigenvalue weighted by molar-refractivity contribution is -0.138. The highest BCUT2D eigenvalue weighted by molar-refractivity contribution is 6.48. The summed E-state index contributed by atoms with van der Waals surface area (Å²) in [5, 5.41) is 0. The lowest BCUT2D eigenvalue weighted by Crippen LogP contribution is -2.36. The van der Waals surface area contributed by atoms with Crippen LogP contribution in [-0.4, -0.2) is 34.4 Å². The van der Waals surface area contributed by atoms with Gasteiger partial charge in [0.05, 0.1) is 13.2 Å². The van der Waals surface area contributed by atoms with E-state index in [4.69, 9.17) is 13.6 Å². The third-order valence-electron chi connectivity index (χ3n) is 1.83. The van der Waals surface area contributed by atoms with E-state index in [1.54, 1.807) is 0 Å². The van der Waals surface area contributed by atoms with E-state index in [0.29, 0.717) is 25.2 Å². The van der Waals surface area contributed by atoms with E-state index >= 15 is 0 Å². The summed E-state index contributed by atoms with van der Waals surface area (Å²) in [6, 6.07) is 0.652. The van der Waals surface area contributed by atoms with E-state index < -0.39 is 9.28 Å². The van der Waals surface area contributed by atoms with Crippen LogP contribution in [0.4, 0.5) is 0 Å². The van der Waals surface area contributed by atoms with Crippen molar-refractivity contribution in [1.82, 2.24) is 0 Å². The van der Waals surface area contributed by atoms with E-state index in [1.807, 2.05) is 0 Å². The Morgan fingerprint density at radius 3 is 2.07 bits per heavy atom. The van der Waals surface area contributed by atoms with E-state index in [9.17, 15) is 9.59 Å². The first-order valence-electron chi connectivity index (χ1n) is 4.50. The van der Waals surface area contributed by atoms with Crippen LogP contribution in [0.2, 0.25) is 6.04 Å². The normalized spacial score (nSPS) is 16.2. The van der Waals surface area contributed by atoms with Gasteiger partial charge in [-0.1, -0.05) is 0 Å². The molecule has 1 rings (SSSR count). The fraction of sp³-hybridized carbons (Fsp3) is 0.750. The van der Waals surface area contributed by atoms with Crippen LogP contribution in [0.3, 0.4) is 0 Å². The number of rotatable bonds is 4. The highest BCUT2D eigenvalue weighted by Crippen LogP contribution is 2.18. The van der Waals surface area contributed by atoms with Crippen LogP contribution in [0.25, 0.3) is 0 Å². The molecule has 0 atom stereocenters. The predicted octanol–water partition coefficient (Wildman–Crippen LogP) is -0.0205. The Morgan fingerprint density at radius 1 is 1.29 bits per heavy atom. The molecule has 1 fully saturated rings. The van der Waals surface area contributed by atoms with E-state index in [0.717, 1.165) is 0 Å². The fourth-order valence-electron chi connectivity index (χ4n) is 1.18. The van der Waals surface area contributed by atoms with Gasteiger partial charge in [0.1, 0.15) is 0 Å². The molecule has 1 aliphatic rings. The first-order chi connectivity index (χ1) is 6.58. The second kappa shape index (κ2) is 5.11. The topological polar surface area (TPSA) is 61.8 Å². The summed E-state index contributed by atoms with van der Waals surface area (Å²) in [6.07, 6.45) is 0. The third kappa shape index (κ3) is 3.88. The molecule has 0 aliphatic carbocycles. The van der Waals surface area contributed by atoms with Gasteiger partial charge >= 0.3 is 9.28 Å². The van der Waals surface area contributed by atoms with Crippen LogP contribution in [-0.2, 0) is 23.2 Å². The molecule has 0 unspecified atom stereocenters. The van der Waals surface area contributed by atoms with Gasteiger partial charge < -0.3 is 13.6 Å². The summed E-state index contributed by atoms with van der Waals surface area (Å²) in [4.78, 5) is 21.4. The second-order valence-electron chi connectivity index (χ2n) is 3.29. The molecule has 6 heteroatoms. The molecule has 0 aromatic rings. The molecule has 0 saturated carbocycles. The van der Waals surface area contributed by atoms with Crippen LogP contribution in [0.1, 0.15) is 13.8 Å². The first kappa shape index (κ1) is 11.2. The maximum absolute atomic E-state index is 10.7. The van der Waals surface area contributed by atoms with Gasteiger partial charge in [0, 0.05) is 25.8 Å². The molecular formula is C8H14O5Si. The number of hydrogen-bond acceptors (Lipinski definition) is 5. The van der Waals surface area contributed by atoms with Crippen molar-refractivity contribution in [2.75, 3.05) is 13.2 Å². The van der Waals surface area contributed by atoms with Gasteiger partial charge in [0.15, 0.2) is 0 Å². The van der Waals surface area contributed by atoms with Crippen LogP contribution < -0.4 is 0 Å². The highest BCUT2D eigenvalue weighted by Gasteiger charge is 2.29. The van der Waals surface area contributed by atoms with Crippen molar-refractivity contribution in [3.63, 3.8) is 0 Å². The number of ether oxygens (including phenoxy) is 1. The van der Waals surface area contributed by atoms with Crippen molar-refractivity contribution in [1.29, 1.82) is 0 Å². The molecule has 0 radical (unpaired) electrons. The largest absolute Gasteiger partial charge is 0.487 e. The lowest BCUT2D eigenvalue weighted by Gasteiger charge is -2.27. The molecule has 1 saturated heterocycles. The van der Waals surface area contributed by atoms with Crippen molar-refractivity contribution >= 4 is 21.2 Å². The maximum atomic E-state index is 10.7. The summed E-state index contributed by atoms with van der Waals surface area (Å²) in [7, 11) is -2.15. The minimum absolute atomic E-state index is 0.380. The smallest absolute Gasteiger partial charge is 0.448 e. The Morgan fingerprint density at radius 2 is 1.79 bits per heavy atom. The molecule has 0 N–H and O–H groups in total. The first-order valence-corrected chi connectivity index (χ1v) is 6.26. The monoisotopic (exact) mass is 218 g/mol. The van der Waals surface area contributed by atoms with Gasteiger partial charge in [-0.05, 0) is 0 Å². The quantitative estimate of drug-likeness (QED) is 0.621. The molecule has 1 aliphatic heterocycles. The molecule has 80 valence electrons. The van der Waals surface area contributed by atoms with E-state index in [-0.39, 0.29) is 11.9 Å². The average molecular weight is 218 g/mol. The van der Waals surface area contributed by atoms with Crippen molar-refractivity contribution in [3.05, 3.63) is 0 Å². The van der Waals surface area contributed by atoms with Crippen molar-refractivity contribution < 1.29 is 23.2 Å². The molecule has 0 spiro atoms. The Kier molecular flexibility index (Phi) is 4.09. The van der Waals surface area contributed by atoms with E-state index in [1.165, 1.54) is 13.8 Å². The minimum atomic E-state index is -2.15. The van der Waals surface area contributed by atoms with Gasteiger partial charge in [-0.15, -0.1) is 0 Å². The van der Waals surface area contributed by atoms with Crippen molar-refractivity contribution in [3.8, 4) is 0 Å². The molecule has 14 heavy (non-hydrogen) atoms. The standard InChI is InChI=1S/C8H14O5Si/c1-6(9)12-14(13-7(2)10)5-8-3-11-4-8/h8,14H,3-5H2,1-2H3. The Balaban J connectivity index is 2.34. The Bertz CT molecular complexity index is 210. The third-order valence-corrected chi connectivity index (χ3v) is 4.07. The molecular weight excluding hydrogens is 204 g/mol. The number of carbonyl (C=O) groups is 2. The highest BCUT2D eigenvalue weighted by atomic mass is 28.3. The zero-order valence-electron chi connectivity index (χ0n) is 8.32. The van der Waals surface area contributed by atoms with Gasteiger partial charge in [-0.2, -0.15) is 0 Å². The zero-order chi connectivity index (χ0) is 10.6. The Labute approximate surface area is 84.2 Å². The van der Waals surface area contributed by atoms with Crippen LogP contribution in [0.15, 0.2) is 0 Å². The molecule has 0 aromatic heterocycles. The van der Waals surface area contributed by atoms with Crippen molar-refractivity contribution in [2.45, 2.75) is 19.9 Å². The van der Waals surface area contributed by atoms with Gasteiger partial charge in [-0.3, -0.25) is 9.59 Å². The molecule has 0 bridgehead atoms. The fourth-order valence-corrected chi connectivity index (χ4v) is 2.98. The number of carbonyl (C=O) groups excluding carboxylic acids is 2. The maximum Gasteiger partial charge on any atom is 0.448 e. The zero-order valence-corrected chi connectivity index (χ0v) is 9.47. The number of hydrogen-bond donors (Lipinski definition) is 0. The minimum Gasteiger partial charge on any atom is -0.487 e. The summed E-state index contributed by atoms with van der Waals surface area (Å²) in [5.74, 6) is -0.392. The van der Waals surface area contributed by atoms with Crippen molar-refractivity contribution in [2.24, 2.45) is 5.92 Å². The summed E-state index contributed by atoms with van der Waals surface area (Å²) in [5.41, 5.74) is 0. The van der Waals surface area contributed by atoms with Crippen LogP contribution in [0.5, 0.6) is 0 Å². The summed E-state index contributed by atoms with van der Waals surface area (Å²) in [6.45, 7) is 3.99. The van der Waals surface area contributed by atoms with E-state index in [2.05, 4.69) is 0 Å². The SMILES string of the molecule is CC(=O)O[SiH](CC1COC1)OC(C)=O.